The first kappa shape index (κ1) is 15.2. The zero-order valence-corrected chi connectivity index (χ0v) is 12.3. The van der Waals surface area contributed by atoms with E-state index in [1.807, 2.05) is 30.3 Å². The molecule has 8 heteroatoms. The lowest BCUT2D eigenvalue weighted by Gasteiger charge is -2.04. The molecule has 0 aliphatic heterocycles. The maximum atomic E-state index is 9.70. The van der Waals surface area contributed by atoms with Crippen LogP contribution < -0.4 is 5.43 Å². The van der Waals surface area contributed by atoms with Gasteiger partial charge in [-0.3, -0.25) is 0 Å². The Morgan fingerprint density at radius 1 is 0.958 bits per heavy atom. The minimum atomic E-state index is -0.608. The van der Waals surface area contributed by atoms with Crippen molar-refractivity contribution in [1.29, 1.82) is 0 Å². The van der Waals surface area contributed by atoms with Crippen molar-refractivity contribution in [2.45, 2.75) is 0 Å². The summed E-state index contributed by atoms with van der Waals surface area (Å²) in [4.78, 5) is 4.28. The standard InChI is InChI=1S/C16H13N5O3/c22-13-7-6-11(14(23)15(13)24)8-17-20-16-19-12(9-18-21-16)10-4-2-1-3-5-10/h1-9,22-24H,(H,19,20,21)/b17-8+. The quantitative estimate of drug-likeness (QED) is 0.329. The van der Waals surface area contributed by atoms with Crippen LogP contribution >= 0.6 is 0 Å². The summed E-state index contributed by atoms with van der Waals surface area (Å²) in [6, 6.07) is 12.1. The highest BCUT2D eigenvalue weighted by Gasteiger charge is 2.09. The van der Waals surface area contributed by atoms with Crippen LogP contribution in [0.5, 0.6) is 17.2 Å². The van der Waals surface area contributed by atoms with E-state index in [2.05, 4.69) is 25.7 Å². The number of anilines is 1. The largest absolute Gasteiger partial charge is 0.504 e. The first-order chi connectivity index (χ1) is 11.6. The lowest BCUT2D eigenvalue weighted by Crippen LogP contribution is -2.00. The fourth-order valence-electron chi connectivity index (χ4n) is 1.95. The van der Waals surface area contributed by atoms with Gasteiger partial charge >= 0.3 is 0 Å². The molecule has 0 saturated heterocycles. The molecule has 0 aliphatic carbocycles. The number of aromatic nitrogens is 3. The molecular formula is C16H13N5O3. The van der Waals surface area contributed by atoms with Gasteiger partial charge in [-0.1, -0.05) is 30.3 Å². The fraction of sp³-hybridized carbons (Fsp3) is 0. The predicted molar refractivity (Wildman–Crippen MR) is 87.9 cm³/mol. The molecule has 1 aromatic heterocycles. The summed E-state index contributed by atoms with van der Waals surface area (Å²) in [7, 11) is 0. The van der Waals surface area contributed by atoms with Crippen molar-refractivity contribution in [3.8, 4) is 28.5 Å². The molecule has 0 saturated carbocycles. The molecule has 24 heavy (non-hydrogen) atoms. The number of nitrogens with zero attached hydrogens (tertiary/aromatic N) is 4. The van der Waals surface area contributed by atoms with Crippen LogP contribution in [0.2, 0.25) is 0 Å². The van der Waals surface area contributed by atoms with Gasteiger partial charge in [-0.05, 0) is 12.1 Å². The molecule has 0 unspecified atom stereocenters. The Kier molecular flexibility index (Phi) is 4.19. The molecule has 0 radical (unpaired) electrons. The molecule has 0 bridgehead atoms. The third kappa shape index (κ3) is 3.22. The van der Waals surface area contributed by atoms with E-state index in [9.17, 15) is 15.3 Å². The summed E-state index contributed by atoms with van der Waals surface area (Å²) in [5, 5.41) is 40.0. The minimum Gasteiger partial charge on any atom is -0.504 e. The van der Waals surface area contributed by atoms with Gasteiger partial charge in [0.25, 0.3) is 5.95 Å². The van der Waals surface area contributed by atoms with Gasteiger partial charge in [0.15, 0.2) is 11.5 Å². The second-order valence-electron chi connectivity index (χ2n) is 4.77. The molecule has 1 heterocycles. The summed E-state index contributed by atoms with van der Waals surface area (Å²) in [5.41, 5.74) is 4.33. The Hall–Kier alpha value is -3.68. The van der Waals surface area contributed by atoms with Crippen LogP contribution in [0.1, 0.15) is 5.56 Å². The van der Waals surface area contributed by atoms with Crippen molar-refractivity contribution in [3.05, 3.63) is 54.2 Å². The molecule has 2 aromatic carbocycles. The van der Waals surface area contributed by atoms with Gasteiger partial charge in [0, 0.05) is 11.1 Å². The monoisotopic (exact) mass is 323 g/mol. The minimum absolute atomic E-state index is 0.176. The van der Waals surface area contributed by atoms with E-state index >= 15 is 0 Å². The zero-order valence-electron chi connectivity index (χ0n) is 12.3. The first-order valence-electron chi connectivity index (χ1n) is 6.93. The third-order valence-electron chi connectivity index (χ3n) is 3.16. The molecule has 0 atom stereocenters. The molecule has 4 N–H and O–H groups in total. The van der Waals surface area contributed by atoms with Crippen molar-refractivity contribution in [1.82, 2.24) is 15.2 Å². The lowest BCUT2D eigenvalue weighted by molar-refractivity contribution is 0.367. The third-order valence-corrected chi connectivity index (χ3v) is 3.16. The summed E-state index contributed by atoms with van der Waals surface area (Å²) >= 11 is 0. The van der Waals surface area contributed by atoms with Crippen LogP contribution in [0, 0.1) is 0 Å². The number of nitrogens with one attached hydrogen (secondary N) is 1. The molecule has 8 nitrogen and oxygen atoms in total. The Morgan fingerprint density at radius 3 is 2.54 bits per heavy atom. The van der Waals surface area contributed by atoms with E-state index in [1.54, 1.807) is 0 Å². The van der Waals surface area contributed by atoms with Crippen LogP contribution in [0.25, 0.3) is 11.3 Å². The smallest absolute Gasteiger partial charge is 0.263 e. The molecule has 120 valence electrons. The summed E-state index contributed by atoms with van der Waals surface area (Å²) in [6.07, 6.45) is 2.79. The van der Waals surface area contributed by atoms with Gasteiger partial charge in [-0.2, -0.15) is 10.2 Å². The zero-order chi connectivity index (χ0) is 16.9. The Labute approximate surface area is 136 Å². The highest BCUT2D eigenvalue weighted by atomic mass is 16.3. The van der Waals surface area contributed by atoms with E-state index in [-0.39, 0.29) is 11.5 Å². The summed E-state index contributed by atoms with van der Waals surface area (Å²) in [6.45, 7) is 0. The summed E-state index contributed by atoms with van der Waals surface area (Å²) < 4.78 is 0. The number of phenolic OH excluding ortho intramolecular Hbond substituents is 3. The van der Waals surface area contributed by atoms with E-state index in [0.717, 1.165) is 5.56 Å². The fourth-order valence-corrected chi connectivity index (χ4v) is 1.95. The van der Waals surface area contributed by atoms with E-state index in [4.69, 9.17) is 0 Å². The van der Waals surface area contributed by atoms with E-state index < -0.39 is 17.2 Å². The number of rotatable bonds is 4. The highest BCUT2D eigenvalue weighted by molar-refractivity contribution is 5.86. The van der Waals surface area contributed by atoms with Crippen molar-refractivity contribution >= 4 is 12.2 Å². The average Bonchev–Trinajstić information content (AvgIpc) is 2.63. The van der Waals surface area contributed by atoms with Gasteiger partial charge in [0.2, 0.25) is 5.75 Å². The van der Waals surface area contributed by atoms with Crippen LogP contribution in [-0.2, 0) is 0 Å². The molecule has 0 spiro atoms. The topological polar surface area (TPSA) is 124 Å². The molecule has 0 aliphatic rings. The second kappa shape index (κ2) is 6.61. The van der Waals surface area contributed by atoms with Gasteiger partial charge in [0.05, 0.1) is 18.1 Å². The van der Waals surface area contributed by atoms with Crippen LogP contribution in [0.15, 0.2) is 53.8 Å². The average molecular weight is 323 g/mol. The molecule has 3 aromatic rings. The summed E-state index contributed by atoms with van der Waals surface area (Å²) in [5.74, 6) is -1.32. The highest BCUT2D eigenvalue weighted by Crippen LogP contribution is 2.36. The van der Waals surface area contributed by atoms with Gasteiger partial charge in [-0.25, -0.2) is 10.4 Å². The molecule has 0 amide bonds. The number of benzene rings is 2. The maximum absolute atomic E-state index is 9.70. The maximum Gasteiger partial charge on any atom is 0.263 e. The Balaban J connectivity index is 1.77. The number of hydrogen-bond donors (Lipinski definition) is 4. The lowest BCUT2D eigenvalue weighted by atomic mass is 10.2. The predicted octanol–water partition coefficient (Wildman–Crippen LogP) is 2.10. The number of aromatic hydroxyl groups is 3. The van der Waals surface area contributed by atoms with Gasteiger partial charge in [0.1, 0.15) is 0 Å². The van der Waals surface area contributed by atoms with Crippen molar-refractivity contribution < 1.29 is 15.3 Å². The Morgan fingerprint density at radius 2 is 1.75 bits per heavy atom. The number of hydrazone groups is 1. The van der Waals surface area contributed by atoms with Crippen molar-refractivity contribution in [2.24, 2.45) is 5.10 Å². The molecular weight excluding hydrogens is 310 g/mol. The van der Waals surface area contributed by atoms with Crippen LogP contribution in [0.4, 0.5) is 5.95 Å². The first-order valence-corrected chi connectivity index (χ1v) is 6.93. The van der Waals surface area contributed by atoms with Crippen molar-refractivity contribution in [2.75, 3.05) is 5.43 Å². The normalized spacial score (nSPS) is 10.8. The van der Waals surface area contributed by atoms with E-state index in [0.29, 0.717) is 5.69 Å². The van der Waals surface area contributed by atoms with Crippen LogP contribution in [0.3, 0.4) is 0 Å². The Bertz CT molecular complexity index is 884. The van der Waals surface area contributed by atoms with E-state index in [1.165, 1.54) is 24.5 Å². The number of hydrogen-bond acceptors (Lipinski definition) is 8. The second-order valence-corrected chi connectivity index (χ2v) is 4.77. The van der Waals surface area contributed by atoms with Gasteiger partial charge < -0.3 is 15.3 Å². The molecule has 0 fully saturated rings. The molecule has 3 rings (SSSR count). The number of phenols is 3. The van der Waals surface area contributed by atoms with Crippen LogP contribution in [-0.4, -0.2) is 36.7 Å². The SMILES string of the molecule is Oc1ccc(/C=N/Nc2nncc(-c3ccccc3)n2)c(O)c1O. The van der Waals surface area contributed by atoms with Gasteiger partial charge in [-0.15, -0.1) is 5.10 Å². The van der Waals surface area contributed by atoms with Crippen molar-refractivity contribution in [3.63, 3.8) is 0 Å².